The molecule has 1 aliphatic rings. The molecule has 0 bridgehead atoms. The SMILES string of the molecule is CCC(=O)O.CN1CCNCC1. The molecule has 4 heteroatoms. The lowest BCUT2D eigenvalue weighted by atomic mass is 10.4. The summed E-state index contributed by atoms with van der Waals surface area (Å²) in [4.78, 5) is 11.7. The summed E-state index contributed by atoms with van der Waals surface area (Å²) in [7, 11) is 2.15. The first-order valence-corrected chi connectivity index (χ1v) is 4.28. The molecular weight excluding hydrogens is 156 g/mol. The largest absolute Gasteiger partial charge is 0.481 e. The van der Waals surface area contributed by atoms with Gasteiger partial charge in [-0.25, -0.2) is 0 Å². The van der Waals surface area contributed by atoms with E-state index in [-0.39, 0.29) is 6.42 Å². The molecular formula is C8H18N2O2. The highest BCUT2D eigenvalue weighted by Gasteiger charge is 2.01. The van der Waals surface area contributed by atoms with Gasteiger partial charge in [0.1, 0.15) is 0 Å². The monoisotopic (exact) mass is 174 g/mol. The maximum atomic E-state index is 9.37. The Kier molecular flexibility index (Phi) is 6.70. The van der Waals surface area contributed by atoms with Gasteiger partial charge in [0.05, 0.1) is 0 Å². The Balaban J connectivity index is 0.000000217. The molecule has 0 unspecified atom stereocenters. The normalized spacial score (nSPS) is 17.8. The zero-order chi connectivity index (χ0) is 9.40. The smallest absolute Gasteiger partial charge is 0.303 e. The summed E-state index contributed by atoms with van der Waals surface area (Å²) in [5, 5.41) is 11.0. The van der Waals surface area contributed by atoms with Crippen molar-refractivity contribution in [2.75, 3.05) is 33.2 Å². The number of carboxylic acid groups (broad SMARTS) is 1. The lowest BCUT2D eigenvalue weighted by molar-refractivity contribution is -0.136. The van der Waals surface area contributed by atoms with Gasteiger partial charge in [-0.3, -0.25) is 4.79 Å². The maximum Gasteiger partial charge on any atom is 0.303 e. The van der Waals surface area contributed by atoms with Gasteiger partial charge in [-0.15, -0.1) is 0 Å². The van der Waals surface area contributed by atoms with Crippen molar-refractivity contribution in [1.29, 1.82) is 0 Å². The molecule has 0 aromatic heterocycles. The van der Waals surface area contributed by atoms with E-state index in [1.54, 1.807) is 6.92 Å². The van der Waals surface area contributed by atoms with Crippen LogP contribution in [0.3, 0.4) is 0 Å². The van der Waals surface area contributed by atoms with Crippen molar-refractivity contribution in [2.45, 2.75) is 13.3 Å². The molecule has 1 saturated heterocycles. The Morgan fingerprint density at radius 1 is 1.50 bits per heavy atom. The number of piperazine rings is 1. The average molecular weight is 174 g/mol. The van der Waals surface area contributed by atoms with Crippen molar-refractivity contribution in [3.8, 4) is 0 Å². The first kappa shape index (κ1) is 11.4. The Hall–Kier alpha value is -0.610. The van der Waals surface area contributed by atoms with E-state index in [0.717, 1.165) is 13.1 Å². The summed E-state index contributed by atoms with van der Waals surface area (Å²) < 4.78 is 0. The summed E-state index contributed by atoms with van der Waals surface area (Å²) in [6.45, 7) is 6.34. The summed E-state index contributed by atoms with van der Waals surface area (Å²) in [6.07, 6.45) is 0.222. The van der Waals surface area contributed by atoms with Crippen molar-refractivity contribution in [3.05, 3.63) is 0 Å². The van der Waals surface area contributed by atoms with E-state index in [1.165, 1.54) is 13.1 Å². The number of carbonyl (C=O) groups is 1. The zero-order valence-corrected chi connectivity index (χ0v) is 7.84. The first-order chi connectivity index (χ1) is 5.66. The number of nitrogens with one attached hydrogen (secondary N) is 1. The van der Waals surface area contributed by atoms with E-state index in [1.807, 2.05) is 0 Å². The van der Waals surface area contributed by atoms with Crippen molar-refractivity contribution < 1.29 is 9.90 Å². The van der Waals surface area contributed by atoms with E-state index in [9.17, 15) is 4.79 Å². The van der Waals surface area contributed by atoms with E-state index >= 15 is 0 Å². The molecule has 1 heterocycles. The van der Waals surface area contributed by atoms with E-state index in [0.29, 0.717) is 0 Å². The number of carboxylic acids is 1. The predicted molar refractivity (Wildman–Crippen MR) is 48.3 cm³/mol. The fourth-order valence-corrected chi connectivity index (χ4v) is 0.777. The highest BCUT2D eigenvalue weighted by molar-refractivity contribution is 5.66. The van der Waals surface area contributed by atoms with Crippen LogP contribution in [0.4, 0.5) is 0 Å². The van der Waals surface area contributed by atoms with E-state index < -0.39 is 5.97 Å². The van der Waals surface area contributed by atoms with Gasteiger partial charge >= 0.3 is 5.97 Å². The van der Waals surface area contributed by atoms with Gasteiger partial charge < -0.3 is 15.3 Å². The van der Waals surface area contributed by atoms with Gasteiger partial charge in [0.2, 0.25) is 0 Å². The molecule has 0 spiro atoms. The molecule has 0 aromatic carbocycles. The lowest BCUT2D eigenvalue weighted by Crippen LogP contribution is -2.40. The summed E-state index contributed by atoms with van der Waals surface area (Å²) in [5.74, 6) is -0.745. The Morgan fingerprint density at radius 2 is 1.92 bits per heavy atom. The topological polar surface area (TPSA) is 52.6 Å². The second-order valence-electron chi connectivity index (χ2n) is 2.80. The highest BCUT2D eigenvalue weighted by atomic mass is 16.4. The van der Waals surface area contributed by atoms with Gasteiger partial charge in [0, 0.05) is 32.6 Å². The maximum absolute atomic E-state index is 9.37. The average Bonchev–Trinajstić information content (AvgIpc) is 2.07. The number of hydrogen-bond acceptors (Lipinski definition) is 3. The molecule has 0 saturated carbocycles. The fourth-order valence-electron chi connectivity index (χ4n) is 0.777. The van der Waals surface area contributed by atoms with Crippen LogP contribution in [0.1, 0.15) is 13.3 Å². The fraction of sp³-hybridized carbons (Fsp3) is 0.875. The van der Waals surface area contributed by atoms with Crippen LogP contribution >= 0.6 is 0 Å². The molecule has 2 N–H and O–H groups in total. The molecule has 0 aromatic rings. The van der Waals surface area contributed by atoms with Crippen molar-refractivity contribution in [3.63, 3.8) is 0 Å². The van der Waals surface area contributed by atoms with Gasteiger partial charge in [0.25, 0.3) is 0 Å². The molecule has 1 rings (SSSR count). The van der Waals surface area contributed by atoms with Crippen LogP contribution in [0.5, 0.6) is 0 Å². The standard InChI is InChI=1S/C5H12N2.C3H6O2/c1-7-4-2-6-3-5-7;1-2-3(4)5/h6H,2-5H2,1H3;2H2,1H3,(H,4,5). The third kappa shape index (κ3) is 7.50. The van der Waals surface area contributed by atoms with Crippen molar-refractivity contribution in [1.82, 2.24) is 10.2 Å². The van der Waals surface area contributed by atoms with Gasteiger partial charge in [-0.2, -0.15) is 0 Å². The van der Waals surface area contributed by atoms with Crippen molar-refractivity contribution in [2.24, 2.45) is 0 Å². The predicted octanol–water partition coefficient (Wildman–Crippen LogP) is 0.00240. The molecule has 0 atom stereocenters. The van der Waals surface area contributed by atoms with Crippen LogP contribution in [0, 0.1) is 0 Å². The first-order valence-electron chi connectivity index (χ1n) is 4.28. The Labute approximate surface area is 73.6 Å². The number of rotatable bonds is 1. The minimum absolute atomic E-state index is 0.222. The molecule has 0 amide bonds. The van der Waals surface area contributed by atoms with Crippen LogP contribution in [0.2, 0.25) is 0 Å². The number of nitrogens with zero attached hydrogens (tertiary/aromatic N) is 1. The Morgan fingerprint density at radius 3 is 2.08 bits per heavy atom. The number of hydrogen-bond donors (Lipinski definition) is 2. The van der Waals surface area contributed by atoms with Crippen LogP contribution in [-0.2, 0) is 4.79 Å². The molecule has 72 valence electrons. The van der Waals surface area contributed by atoms with Gasteiger partial charge in [-0.05, 0) is 7.05 Å². The summed E-state index contributed by atoms with van der Waals surface area (Å²) in [6, 6.07) is 0. The molecule has 12 heavy (non-hydrogen) atoms. The van der Waals surface area contributed by atoms with E-state index in [2.05, 4.69) is 17.3 Å². The van der Waals surface area contributed by atoms with E-state index in [4.69, 9.17) is 5.11 Å². The number of likely N-dealkylation sites (N-methyl/N-ethyl adjacent to an activating group) is 1. The van der Waals surface area contributed by atoms with Crippen LogP contribution in [0.25, 0.3) is 0 Å². The minimum atomic E-state index is -0.745. The molecule has 0 aliphatic carbocycles. The third-order valence-corrected chi connectivity index (χ3v) is 1.64. The second-order valence-corrected chi connectivity index (χ2v) is 2.80. The summed E-state index contributed by atoms with van der Waals surface area (Å²) in [5.41, 5.74) is 0. The lowest BCUT2D eigenvalue weighted by Gasteiger charge is -2.21. The van der Waals surface area contributed by atoms with Crippen LogP contribution in [0.15, 0.2) is 0 Å². The quantitative estimate of drug-likeness (QED) is 0.587. The van der Waals surface area contributed by atoms with Gasteiger partial charge in [0.15, 0.2) is 0 Å². The van der Waals surface area contributed by atoms with Crippen molar-refractivity contribution >= 4 is 5.97 Å². The highest BCUT2D eigenvalue weighted by Crippen LogP contribution is 1.83. The van der Waals surface area contributed by atoms with Gasteiger partial charge in [-0.1, -0.05) is 6.92 Å². The molecule has 0 radical (unpaired) electrons. The Bertz CT molecular complexity index is 122. The van der Waals surface area contributed by atoms with Crippen LogP contribution < -0.4 is 5.32 Å². The van der Waals surface area contributed by atoms with Crippen LogP contribution in [-0.4, -0.2) is 49.2 Å². The number of aliphatic carboxylic acids is 1. The second kappa shape index (κ2) is 7.06. The molecule has 1 fully saturated rings. The summed E-state index contributed by atoms with van der Waals surface area (Å²) >= 11 is 0. The zero-order valence-electron chi connectivity index (χ0n) is 7.84. The molecule has 1 aliphatic heterocycles. The molecule has 4 nitrogen and oxygen atoms in total. The minimum Gasteiger partial charge on any atom is -0.481 e. The third-order valence-electron chi connectivity index (χ3n) is 1.64.